The molecule has 0 bridgehead atoms. The fourth-order valence-electron chi connectivity index (χ4n) is 1.23. The number of thioether (sulfide) groups is 1. The molecule has 0 aromatic heterocycles. The lowest BCUT2D eigenvalue weighted by atomic mass is 10.2. The highest BCUT2D eigenvalue weighted by Gasteiger charge is 2.04. The minimum absolute atomic E-state index is 0.151. The molecule has 16 heavy (non-hydrogen) atoms. The molecule has 2 nitrogen and oxygen atoms in total. The molecule has 1 aromatic rings. The first-order chi connectivity index (χ1) is 7.72. The summed E-state index contributed by atoms with van der Waals surface area (Å²) in [5.41, 5.74) is 0. The molecule has 3 heteroatoms. The molecule has 0 fully saturated rings. The van der Waals surface area contributed by atoms with Crippen molar-refractivity contribution in [2.24, 2.45) is 0 Å². The minimum atomic E-state index is 0.151. The van der Waals surface area contributed by atoms with Crippen LogP contribution < -0.4 is 5.32 Å². The summed E-state index contributed by atoms with van der Waals surface area (Å²) in [6.45, 7) is 4.10. The van der Waals surface area contributed by atoms with Gasteiger partial charge in [-0.3, -0.25) is 4.79 Å². The molecule has 0 radical (unpaired) electrons. The van der Waals surface area contributed by atoms with Gasteiger partial charge in [-0.05, 0) is 25.5 Å². The molecule has 0 saturated heterocycles. The predicted molar refractivity (Wildman–Crippen MR) is 69.7 cm³/mol. The molecule has 1 atom stereocenters. The lowest BCUT2D eigenvalue weighted by Gasteiger charge is -2.10. The smallest absolute Gasteiger partial charge is 0.221 e. The summed E-state index contributed by atoms with van der Waals surface area (Å²) in [7, 11) is 0. The van der Waals surface area contributed by atoms with E-state index >= 15 is 0 Å². The van der Waals surface area contributed by atoms with E-state index in [4.69, 9.17) is 0 Å². The van der Waals surface area contributed by atoms with Crippen LogP contribution in [0.15, 0.2) is 35.2 Å². The van der Waals surface area contributed by atoms with Gasteiger partial charge in [-0.2, -0.15) is 0 Å². The van der Waals surface area contributed by atoms with E-state index in [1.807, 2.05) is 25.1 Å². The van der Waals surface area contributed by atoms with Crippen molar-refractivity contribution in [2.45, 2.75) is 37.6 Å². The summed E-state index contributed by atoms with van der Waals surface area (Å²) < 4.78 is 0. The lowest BCUT2D eigenvalue weighted by Crippen LogP contribution is -2.32. The Morgan fingerprint density at radius 1 is 1.38 bits per heavy atom. The van der Waals surface area contributed by atoms with Crippen molar-refractivity contribution in [3.63, 3.8) is 0 Å². The van der Waals surface area contributed by atoms with Crippen LogP contribution in [0.25, 0.3) is 0 Å². The Bertz CT molecular complexity index is 313. The van der Waals surface area contributed by atoms with Gasteiger partial charge < -0.3 is 5.32 Å². The van der Waals surface area contributed by atoms with Crippen LogP contribution in [0, 0.1) is 0 Å². The average molecular weight is 237 g/mol. The van der Waals surface area contributed by atoms with Gasteiger partial charge in [0, 0.05) is 23.1 Å². The number of carbonyl (C=O) groups excluding carboxylic acids is 1. The van der Waals surface area contributed by atoms with E-state index in [0.717, 1.165) is 12.2 Å². The van der Waals surface area contributed by atoms with Gasteiger partial charge >= 0.3 is 0 Å². The van der Waals surface area contributed by atoms with E-state index < -0.39 is 0 Å². The summed E-state index contributed by atoms with van der Waals surface area (Å²) in [6, 6.07) is 10.5. The number of rotatable bonds is 6. The van der Waals surface area contributed by atoms with Gasteiger partial charge in [-0.15, -0.1) is 11.8 Å². The molecule has 0 heterocycles. The maximum Gasteiger partial charge on any atom is 0.221 e. The molecule has 0 aliphatic heterocycles. The second kappa shape index (κ2) is 7.34. The molecule has 88 valence electrons. The van der Waals surface area contributed by atoms with Gasteiger partial charge in [0.25, 0.3) is 0 Å². The lowest BCUT2D eigenvalue weighted by molar-refractivity contribution is -0.121. The molecular formula is C13H19NOS. The first-order valence-corrected chi connectivity index (χ1v) is 6.68. The summed E-state index contributed by atoms with van der Waals surface area (Å²) in [5, 5.41) is 2.96. The van der Waals surface area contributed by atoms with Crippen LogP contribution in [-0.2, 0) is 4.79 Å². The van der Waals surface area contributed by atoms with Crippen LogP contribution in [0.2, 0.25) is 0 Å². The van der Waals surface area contributed by atoms with Gasteiger partial charge in [0.15, 0.2) is 0 Å². The van der Waals surface area contributed by atoms with Crippen molar-refractivity contribution >= 4 is 17.7 Å². The highest BCUT2D eigenvalue weighted by molar-refractivity contribution is 7.99. The van der Waals surface area contributed by atoms with E-state index in [2.05, 4.69) is 24.4 Å². The van der Waals surface area contributed by atoms with E-state index in [9.17, 15) is 4.79 Å². The standard InChI is InChI=1S/C13H19NOS/c1-3-11(2)14-13(15)9-10-16-12-7-5-4-6-8-12/h4-8,11H,3,9-10H2,1-2H3,(H,14,15)/t11-/m0/s1. The number of carbonyl (C=O) groups is 1. The van der Waals surface area contributed by atoms with Crippen LogP contribution in [0.4, 0.5) is 0 Å². The van der Waals surface area contributed by atoms with Gasteiger partial charge in [0.05, 0.1) is 0 Å². The molecule has 0 unspecified atom stereocenters. The van der Waals surface area contributed by atoms with Gasteiger partial charge in [-0.1, -0.05) is 25.1 Å². The van der Waals surface area contributed by atoms with Gasteiger partial charge in [0.2, 0.25) is 5.91 Å². The van der Waals surface area contributed by atoms with Crippen molar-refractivity contribution in [2.75, 3.05) is 5.75 Å². The molecule has 1 N–H and O–H groups in total. The Hall–Kier alpha value is -0.960. The molecule has 1 amide bonds. The number of benzene rings is 1. The number of hydrogen-bond donors (Lipinski definition) is 1. The summed E-state index contributed by atoms with van der Waals surface area (Å²) in [4.78, 5) is 12.7. The predicted octanol–water partition coefficient (Wildman–Crippen LogP) is 3.08. The van der Waals surface area contributed by atoms with Crippen molar-refractivity contribution in [3.8, 4) is 0 Å². The number of amides is 1. The highest BCUT2D eigenvalue weighted by atomic mass is 32.2. The van der Waals surface area contributed by atoms with Crippen LogP contribution >= 0.6 is 11.8 Å². The zero-order chi connectivity index (χ0) is 11.8. The van der Waals surface area contributed by atoms with E-state index in [-0.39, 0.29) is 11.9 Å². The Balaban J connectivity index is 2.18. The van der Waals surface area contributed by atoms with Crippen molar-refractivity contribution in [3.05, 3.63) is 30.3 Å². The normalized spacial score (nSPS) is 12.1. The number of hydrogen-bond acceptors (Lipinski definition) is 2. The van der Waals surface area contributed by atoms with Crippen molar-refractivity contribution in [1.82, 2.24) is 5.32 Å². The number of nitrogens with one attached hydrogen (secondary N) is 1. The first-order valence-electron chi connectivity index (χ1n) is 5.69. The topological polar surface area (TPSA) is 29.1 Å². The third kappa shape index (κ3) is 5.21. The van der Waals surface area contributed by atoms with Gasteiger partial charge in [-0.25, -0.2) is 0 Å². The molecule has 1 aromatic carbocycles. The van der Waals surface area contributed by atoms with E-state index in [1.165, 1.54) is 4.90 Å². The summed E-state index contributed by atoms with van der Waals surface area (Å²) >= 11 is 1.72. The minimum Gasteiger partial charge on any atom is -0.354 e. The van der Waals surface area contributed by atoms with Crippen LogP contribution in [-0.4, -0.2) is 17.7 Å². The summed E-state index contributed by atoms with van der Waals surface area (Å²) in [6.07, 6.45) is 1.57. The summed E-state index contributed by atoms with van der Waals surface area (Å²) in [5.74, 6) is 0.990. The Morgan fingerprint density at radius 2 is 2.06 bits per heavy atom. The fourth-order valence-corrected chi connectivity index (χ4v) is 2.10. The molecular weight excluding hydrogens is 218 g/mol. The third-order valence-corrected chi connectivity index (χ3v) is 3.37. The zero-order valence-corrected chi connectivity index (χ0v) is 10.7. The molecule has 0 saturated carbocycles. The molecule has 0 aliphatic carbocycles. The SMILES string of the molecule is CC[C@H](C)NC(=O)CCSc1ccccc1. The average Bonchev–Trinajstić information content (AvgIpc) is 2.30. The third-order valence-electron chi connectivity index (χ3n) is 2.36. The van der Waals surface area contributed by atoms with E-state index in [1.54, 1.807) is 11.8 Å². The quantitative estimate of drug-likeness (QED) is 0.770. The fraction of sp³-hybridized carbons (Fsp3) is 0.462. The second-order valence-electron chi connectivity index (χ2n) is 3.79. The van der Waals surface area contributed by atoms with Crippen LogP contribution in [0.5, 0.6) is 0 Å². The van der Waals surface area contributed by atoms with Crippen LogP contribution in [0.3, 0.4) is 0 Å². The highest BCUT2D eigenvalue weighted by Crippen LogP contribution is 2.17. The first kappa shape index (κ1) is 13.1. The molecule has 1 rings (SSSR count). The zero-order valence-electron chi connectivity index (χ0n) is 9.90. The van der Waals surface area contributed by atoms with Crippen molar-refractivity contribution < 1.29 is 4.79 Å². The van der Waals surface area contributed by atoms with Crippen molar-refractivity contribution in [1.29, 1.82) is 0 Å². The Kier molecular flexibility index (Phi) is 6.01. The van der Waals surface area contributed by atoms with Crippen LogP contribution in [0.1, 0.15) is 26.7 Å². The largest absolute Gasteiger partial charge is 0.354 e. The maximum atomic E-state index is 11.5. The monoisotopic (exact) mass is 237 g/mol. The second-order valence-corrected chi connectivity index (χ2v) is 4.96. The maximum absolute atomic E-state index is 11.5. The van der Waals surface area contributed by atoms with E-state index in [0.29, 0.717) is 6.42 Å². The van der Waals surface area contributed by atoms with Gasteiger partial charge in [0.1, 0.15) is 0 Å². The Morgan fingerprint density at radius 3 is 2.69 bits per heavy atom. The molecule has 0 spiro atoms. The molecule has 0 aliphatic rings. The Labute approximate surface area is 102 Å².